The van der Waals surface area contributed by atoms with Crippen LogP contribution in [0.3, 0.4) is 0 Å². The molecule has 0 radical (unpaired) electrons. The van der Waals surface area contributed by atoms with E-state index in [0.29, 0.717) is 23.6 Å². The van der Waals surface area contributed by atoms with Crippen LogP contribution in [0.4, 0.5) is 0 Å². The number of thiazole rings is 1. The van der Waals surface area contributed by atoms with Crippen LogP contribution in [-0.2, 0) is 24.2 Å². The minimum atomic E-state index is -0.251. The van der Waals surface area contributed by atoms with Gasteiger partial charge in [-0.15, -0.1) is 11.3 Å². The normalized spacial score (nSPS) is 10.7. The van der Waals surface area contributed by atoms with Gasteiger partial charge in [0.2, 0.25) is 5.91 Å². The molecule has 2 rings (SSSR count). The third-order valence-electron chi connectivity index (χ3n) is 3.21. The lowest BCUT2D eigenvalue weighted by molar-refractivity contribution is -0.120. The fourth-order valence-corrected chi connectivity index (χ4v) is 3.03. The monoisotopic (exact) mass is 320 g/mol. The Balaban J connectivity index is 1.94. The van der Waals surface area contributed by atoms with Gasteiger partial charge in [0.05, 0.1) is 23.7 Å². The molecule has 22 heavy (non-hydrogen) atoms. The second-order valence-electron chi connectivity index (χ2n) is 5.15. The number of nitrogens with zero attached hydrogens (tertiary/aromatic N) is 2. The topological polar surface area (TPSA) is 87.7 Å². The molecule has 0 spiro atoms. The fourth-order valence-electron chi connectivity index (χ4n) is 2.13. The molecule has 1 amide bonds. The Hall–Kier alpha value is -2.02. The summed E-state index contributed by atoms with van der Waals surface area (Å²) in [6, 6.07) is 0. The van der Waals surface area contributed by atoms with Crippen LogP contribution in [0.25, 0.3) is 0 Å². The summed E-state index contributed by atoms with van der Waals surface area (Å²) in [6.07, 6.45) is 2.05. The summed E-state index contributed by atoms with van der Waals surface area (Å²) in [5.74, 6) is 0.349. The summed E-state index contributed by atoms with van der Waals surface area (Å²) >= 11 is 1.61. The van der Waals surface area contributed by atoms with E-state index in [1.54, 1.807) is 25.2 Å². The molecule has 2 N–H and O–H groups in total. The Kier molecular flexibility index (Phi) is 5.43. The van der Waals surface area contributed by atoms with Gasteiger partial charge >= 0.3 is 0 Å². The largest absolute Gasteiger partial charge is 0.350 e. The van der Waals surface area contributed by atoms with Crippen LogP contribution < -0.4 is 10.9 Å². The number of hydrogen-bond acceptors (Lipinski definition) is 5. The number of carbonyl (C=O) groups is 1. The molecule has 0 aliphatic heterocycles. The average molecular weight is 320 g/mol. The maximum Gasteiger partial charge on any atom is 0.254 e. The van der Waals surface area contributed by atoms with Gasteiger partial charge in [-0.25, -0.2) is 9.97 Å². The van der Waals surface area contributed by atoms with Crippen molar-refractivity contribution in [3.8, 4) is 0 Å². The van der Waals surface area contributed by atoms with Crippen molar-refractivity contribution >= 4 is 17.2 Å². The molecule has 2 aromatic heterocycles. The maximum absolute atomic E-state index is 12.0. The molecule has 0 aliphatic carbocycles. The number of rotatable bonds is 6. The highest BCUT2D eigenvalue weighted by Crippen LogP contribution is 2.11. The number of H-pyrrole nitrogens is 1. The van der Waals surface area contributed by atoms with Crippen LogP contribution in [0.1, 0.15) is 41.1 Å². The Bertz CT molecular complexity index is 721. The van der Waals surface area contributed by atoms with Crippen molar-refractivity contribution < 1.29 is 4.79 Å². The molecule has 0 saturated heterocycles. The molecule has 6 nitrogen and oxygen atoms in total. The third-order valence-corrected chi connectivity index (χ3v) is 4.17. The van der Waals surface area contributed by atoms with E-state index in [1.807, 2.05) is 5.38 Å². The van der Waals surface area contributed by atoms with Gasteiger partial charge in [-0.05, 0) is 26.7 Å². The summed E-state index contributed by atoms with van der Waals surface area (Å²) in [5, 5.41) is 5.84. The van der Waals surface area contributed by atoms with E-state index < -0.39 is 0 Å². The number of nitrogens with one attached hydrogen (secondary N) is 2. The average Bonchev–Trinajstić information content (AvgIpc) is 2.89. The Morgan fingerprint density at radius 2 is 2.14 bits per heavy atom. The van der Waals surface area contributed by atoms with Crippen LogP contribution in [0, 0.1) is 13.8 Å². The lowest BCUT2D eigenvalue weighted by atomic mass is 10.1. The molecule has 0 saturated carbocycles. The maximum atomic E-state index is 12.0. The first kappa shape index (κ1) is 16.4. The second-order valence-corrected chi connectivity index (χ2v) is 6.09. The first-order valence-electron chi connectivity index (χ1n) is 7.26. The van der Waals surface area contributed by atoms with Gasteiger partial charge in [0.15, 0.2) is 0 Å². The molecule has 0 aliphatic rings. The summed E-state index contributed by atoms with van der Waals surface area (Å²) in [4.78, 5) is 35.1. The van der Waals surface area contributed by atoms with Crippen LogP contribution in [0.15, 0.2) is 10.2 Å². The zero-order valence-electron chi connectivity index (χ0n) is 13.0. The van der Waals surface area contributed by atoms with E-state index in [4.69, 9.17) is 0 Å². The molecule has 7 heteroatoms. The summed E-state index contributed by atoms with van der Waals surface area (Å²) in [7, 11) is 0. The zero-order valence-corrected chi connectivity index (χ0v) is 13.8. The number of aromatic nitrogens is 3. The first-order valence-corrected chi connectivity index (χ1v) is 8.14. The van der Waals surface area contributed by atoms with E-state index in [-0.39, 0.29) is 17.9 Å². The van der Waals surface area contributed by atoms with Crippen molar-refractivity contribution in [1.29, 1.82) is 0 Å². The number of aryl methyl sites for hydroxylation is 3. The lowest BCUT2D eigenvalue weighted by Gasteiger charge is -2.06. The van der Waals surface area contributed by atoms with Gasteiger partial charge in [0.25, 0.3) is 5.56 Å². The highest BCUT2D eigenvalue weighted by Gasteiger charge is 2.12. The highest BCUT2D eigenvalue weighted by atomic mass is 32.1. The number of aromatic amines is 1. The van der Waals surface area contributed by atoms with Crippen LogP contribution >= 0.6 is 11.3 Å². The van der Waals surface area contributed by atoms with Crippen LogP contribution in [-0.4, -0.2) is 20.9 Å². The van der Waals surface area contributed by atoms with Gasteiger partial charge in [-0.1, -0.05) is 6.92 Å². The zero-order chi connectivity index (χ0) is 16.1. The fraction of sp³-hybridized carbons (Fsp3) is 0.467. The highest BCUT2D eigenvalue weighted by molar-refractivity contribution is 7.09. The van der Waals surface area contributed by atoms with Crippen LogP contribution in [0.5, 0.6) is 0 Å². The second kappa shape index (κ2) is 7.31. The van der Waals surface area contributed by atoms with Gasteiger partial charge in [0.1, 0.15) is 5.82 Å². The van der Waals surface area contributed by atoms with Crippen molar-refractivity contribution in [2.45, 2.75) is 46.6 Å². The predicted octanol–water partition coefficient (Wildman–Crippen LogP) is 1.65. The molecule has 0 fully saturated rings. The van der Waals surface area contributed by atoms with E-state index >= 15 is 0 Å². The molecular formula is C15H20N4O2S. The van der Waals surface area contributed by atoms with Gasteiger partial charge in [-0.2, -0.15) is 0 Å². The third kappa shape index (κ3) is 4.24. The molecular weight excluding hydrogens is 300 g/mol. The minimum absolute atomic E-state index is 0.0282. The minimum Gasteiger partial charge on any atom is -0.350 e. The van der Waals surface area contributed by atoms with Crippen molar-refractivity contribution in [3.05, 3.63) is 43.5 Å². The van der Waals surface area contributed by atoms with Crippen molar-refractivity contribution in [2.24, 2.45) is 0 Å². The lowest BCUT2D eigenvalue weighted by Crippen LogP contribution is -2.29. The summed E-state index contributed by atoms with van der Waals surface area (Å²) in [5.41, 5.74) is 1.61. The molecule has 0 bridgehead atoms. The van der Waals surface area contributed by atoms with E-state index in [1.165, 1.54) is 0 Å². The van der Waals surface area contributed by atoms with Gasteiger partial charge in [-0.3, -0.25) is 9.59 Å². The Morgan fingerprint density at radius 3 is 2.82 bits per heavy atom. The quantitative estimate of drug-likeness (QED) is 0.847. The van der Waals surface area contributed by atoms with E-state index in [0.717, 1.165) is 23.5 Å². The Labute approximate surface area is 133 Å². The molecule has 0 aromatic carbocycles. The van der Waals surface area contributed by atoms with Gasteiger partial charge in [0, 0.05) is 16.6 Å². The number of amides is 1. The Morgan fingerprint density at radius 1 is 1.36 bits per heavy atom. The molecule has 2 aromatic rings. The molecule has 2 heterocycles. The van der Waals surface area contributed by atoms with Crippen molar-refractivity contribution in [1.82, 2.24) is 20.3 Å². The summed E-state index contributed by atoms with van der Waals surface area (Å²) in [6.45, 7) is 5.95. The standard InChI is InChI=1S/C15H20N4O2S/c1-4-5-14-19-11(8-22-14)7-16-13(20)6-12-9(2)17-10(3)18-15(12)21/h8H,4-7H2,1-3H3,(H,16,20)(H,17,18,21). The SMILES string of the molecule is CCCc1nc(CNC(=O)Cc2c(C)nc(C)[nH]c2=O)cs1. The number of carbonyl (C=O) groups excluding carboxylic acids is 1. The van der Waals surface area contributed by atoms with E-state index in [9.17, 15) is 9.59 Å². The molecule has 118 valence electrons. The number of hydrogen-bond donors (Lipinski definition) is 2. The first-order chi connectivity index (χ1) is 10.5. The van der Waals surface area contributed by atoms with Crippen molar-refractivity contribution in [2.75, 3.05) is 0 Å². The molecule has 0 unspecified atom stereocenters. The smallest absolute Gasteiger partial charge is 0.254 e. The molecule has 0 atom stereocenters. The van der Waals surface area contributed by atoms with Gasteiger partial charge < -0.3 is 10.3 Å². The van der Waals surface area contributed by atoms with E-state index in [2.05, 4.69) is 27.2 Å². The predicted molar refractivity (Wildman–Crippen MR) is 86.0 cm³/mol. The van der Waals surface area contributed by atoms with Crippen molar-refractivity contribution in [3.63, 3.8) is 0 Å². The van der Waals surface area contributed by atoms with Crippen LogP contribution in [0.2, 0.25) is 0 Å². The summed E-state index contributed by atoms with van der Waals surface area (Å²) < 4.78 is 0.